The summed E-state index contributed by atoms with van der Waals surface area (Å²) in [5.41, 5.74) is 0.923. The lowest BCUT2D eigenvalue weighted by molar-refractivity contribution is 0.157. The zero-order chi connectivity index (χ0) is 10.0. The second-order valence-electron chi connectivity index (χ2n) is 2.75. The van der Waals surface area contributed by atoms with Crippen molar-refractivity contribution in [3.05, 3.63) is 36.2 Å². The van der Waals surface area contributed by atoms with E-state index in [2.05, 4.69) is 13.2 Å². The van der Waals surface area contributed by atoms with Crippen LogP contribution < -0.4 is 0 Å². The first-order valence-electron chi connectivity index (χ1n) is 3.73. The molecular weight excluding hydrogens is 173 g/mol. The summed E-state index contributed by atoms with van der Waals surface area (Å²) in [5.74, 6) is -0.585. The molecule has 0 aromatic carbocycles. The summed E-state index contributed by atoms with van der Waals surface area (Å²) in [6.07, 6.45) is 0.402. The van der Waals surface area contributed by atoms with Gasteiger partial charge in [0.05, 0.1) is 6.54 Å². The van der Waals surface area contributed by atoms with Gasteiger partial charge in [-0.25, -0.2) is 9.18 Å². The Morgan fingerprint density at radius 1 is 1.62 bits per heavy atom. The maximum Gasteiger partial charge on any atom is 0.407 e. The van der Waals surface area contributed by atoms with Crippen LogP contribution in [0.25, 0.3) is 0 Å². The van der Waals surface area contributed by atoms with Crippen molar-refractivity contribution in [3.63, 3.8) is 0 Å². The lowest BCUT2D eigenvalue weighted by Gasteiger charge is -2.10. The smallest absolute Gasteiger partial charge is 0.407 e. The number of rotatable bonds is 2. The molecule has 0 bridgehead atoms. The van der Waals surface area contributed by atoms with Gasteiger partial charge >= 0.3 is 6.09 Å². The average Bonchev–Trinajstić information content (AvgIpc) is 2.47. The van der Waals surface area contributed by atoms with E-state index in [0.29, 0.717) is 11.1 Å². The fourth-order valence-corrected chi connectivity index (χ4v) is 1.23. The quantitative estimate of drug-likeness (QED) is 0.710. The van der Waals surface area contributed by atoms with Gasteiger partial charge in [-0.15, -0.1) is 0 Å². The molecule has 1 amide bonds. The molecule has 0 saturated heterocycles. The SMILES string of the molecule is C=CC1=C(C(=C)F)CN(C(=O)O)C1. The van der Waals surface area contributed by atoms with Gasteiger partial charge in [0.25, 0.3) is 0 Å². The van der Waals surface area contributed by atoms with Crippen molar-refractivity contribution >= 4 is 6.09 Å². The third-order valence-electron chi connectivity index (χ3n) is 1.94. The van der Waals surface area contributed by atoms with Crippen LogP contribution in [0.15, 0.2) is 36.2 Å². The summed E-state index contributed by atoms with van der Waals surface area (Å²) in [7, 11) is 0. The third-order valence-corrected chi connectivity index (χ3v) is 1.94. The fourth-order valence-electron chi connectivity index (χ4n) is 1.23. The molecule has 0 unspecified atom stereocenters. The first-order valence-corrected chi connectivity index (χ1v) is 3.73. The van der Waals surface area contributed by atoms with Crippen molar-refractivity contribution in [1.82, 2.24) is 4.90 Å². The highest BCUT2D eigenvalue weighted by atomic mass is 19.1. The predicted octanol–water partition coefficient (Wildman–Crippen LogP) is 1.95. The number of hydrogen-bond donors (Lipinski definition) is 1. The van der Waals surface area contributed by atoms with Gasteiger partial charge in [0.15, 0.2) is 0 Å². The molecule has 70 valence electrons. The Morgan fingerprint density at radius 3 is 2.54 bits per heavy atom. The summed E-state index contributed by atoms with van der Waals surface area (Å²) in [4.78, 5) is 11.7. The largest absolute Gasteiger partial charge is 0.465 e. The van der Waals surface area contributed by atoms with Gasteiger partial charge in [-0.3, -0.25) is 4.90 Å². The van der Waals surface area contributed by atoms with Crippen LogP contribution in [-0.4, -0.2) is 29.2 Å². The second-order valence-corrected chi connectivity index (χ2v) is 2.75. The number of amides is 1. The van der Waals surface area contributed by atoms with E-state index in [-0.39, 0.29) is 13.1 Å². The molecule has 1 aliphatic rings. The highest BCUT2D eigenvalue weighted by Gasteiger charge is 2.25. The normalized spacial score (nSPS) is 16.2. The Morgan fingerprint density at radius 2 is 2.23 bits per heavy atom. The topological polar surface area (TPSA) is 40.5 Å². The van der Waals surface area contributed by atoms with Crippen LogP contribution in [0.1, 0.15) is 0 Å². The molecule has 0 aromatic rings. The maximum atomic E-state index is 12.8. The van der Waals surface area contributed by atoms with Crippen LogP contribution in [0.3, 0.4) is 0 Å². The molecule has 4 heteroatoms. The third kappa shape index (κ3) is 1.77. The molecular formula is C9H10FNO2. The van der Waals surface area contributed by atoms with Crippen molar-refractivity contribution in [2.45, 2.75) is 0 Å². The zero-order valence-electron chi connectivity index (χ0n) is 7.09. The van der Waals surface area contributed by atoms with E-state index < -0.39 is 11.9 Å². The average molecular weight is 183 g/mol. The molecule has 0 fully saturated rings. The van der Waals surface area contributed by atoms with E-state index in [1.165, 1.54) is 6.08 Å². The standard InChI is InChI=1S/C9H10FNO2/c1-3-7-4-11(9(12)13)5-8(7)6(2)10/h3H,1-2,4-5H2,(H,12,13). The van der Waals surface area contributed by atoms with Crippen molar-refractivity contribution in [2.75, 3.05) is 13.1 Å². The first-order chi connectivity index (χ1) is 6.06. The Bertz CT molecular complexity index is 307. The molecule has 0 aromatic heterocycles. The van der Waals surface area contributed by atoms with Gasteiger partial charge in [-0.2, -0.15) is 0 Å². The van der Waals surface area contributed by atoms with E-state index in [4.69, 9.17) is 5.11 Å². The van der Waals surface area contributed by atoms with Gasteiger partial charge in [0, 0.05) is 12.1 Å². The summed E-state index contributed by atoms with van der Waals surface area (Å²) in [6.45, 7) is 6.87. The van der Waals surface area contributed by atoms with Crippen LogP contribution in [0, 0.1) is 0 Å². The monoisotopic (exact) mass is 183 g/mol. The molecule has 1 N–H and O–H groups in total. The molecule has 0 radical (unpaired) electrons. The van der Waals surface area contributed by atoms with Gasteiger partial charge in [0.1, 0.15) is 5.83 Å². The zero-order valence-corrected chi connectivity index (χ0v) is 7.09. The Kier molecular flexibility index (Phi) is 2.51. The van der Waals surface area contributed by atoms with Crippen LogP contribution >= 0.6 is 0 Å². The highest BCUT2D eigenvalue weighted by molar-refractivity contribution is 5.68. The van der Waals surface area contributed by atoms with E-state index in [1.54, 1.807) is 0 Å². The van der Waals surface area contributed by atoms with Crippen LogP contribution in [0.2, 0.25) is 0 Å². The Balaban J connectivity index is 2.86. The van der Waals surface area contributed by atoms with Crippen LogP contribution in [0.4, 0.5) is 9.18 Å². The Hall–Kier alpha value is -1.58. The lowest BCUT2D eigenvalue weighted by atomic mass is 10.1. The summed E-state index contributed by atoms with van der Waals surface area (Å²) >= 11 is 0. The summed E-state index contributed by atoms with van der Waals surface area (Å²) < 4.78 is 12.8. The summed E-state index contributed by atoms with van der Waals surface area (Å²) in [6, 6.07) is 0. The molecule has 1 heterocycles. The van der Waals surface area contributed by atoms with Crippen molar-refractivity contribution in [2.24, 2.45) is 0 Å². The molecule has 0 saturated carbocycles. The van der Waals surface area contributed by atoms with E-state index in [0.717, 1.165) is 4.90 Å². The molecule has 3 nitrogen and oxygen atoms in total. The van der Waals surface area contributed by atoms with Crippen LogP contribution in [-0.2, 0) is 0 Å². The second kappa shape index (κ2) is 3.43. The lowest BCUT2D eigenvalue weighted by Crippen LogP contribution is -2.27. The number of nitrogens with zero attached hydrogens (tertiary/aromatic N) is 1. The first kappa shape index (κ1) is 9.51. The highest BCUT2D eigenvalue weighted by Crippen LogP contribution is 2.24. The minimum Gasteiger partial charge on any atom is -0.465 e. The summed E-state index contributed by atoms with van der Waals surface area (Å²) in [5, 5.41) is 8.64. The fraction of sp³-hybridized carbons (Fsp3) is 0.222. The molecule has 0 spiro atoms. The van der Waals surface area contributed by atoms with E-state index >= 15 is 0 Å². The van der Waals surface area contributed by atoms with E-state index in [9.17, 15) is 9.18 Å². The van der Waals surface area contributed by atoms with Gasteiger partial charge in [0.2, 0.25) is 0 Å². The Labute approximate surface area is 75.5 Å². The molecule has 0 atom stereocenters. The van der Waals surface area contributed by atoms with E-state index in [1.807, 2.05) is 0 Å². The molecule has 1 rings (SSSR count). The van der Waals surface area contributed by atoms with Gasteiger partial charge in [-0.05, 0) is 5.57 Å². The molecule has 0 aliphatic carbocycles. The number of carbonyl (C=O) groups is 1. The molecule has 13 heavy (non-hydrogen) atoms. The van der Waals surface area contributed by atoms with Crippen molar-refractivity contribution < 1.29 is 14.3 Å². The predicted molar refractivity (Wildman–Crippen MR) is 47.1 cm³/mol. The minimum absolute atomic E-state index is 0.0615. The van der Waals surface area contributed by atoms with Crippen molar-refractivity contribution in [1.29, 1.82) is 0 Å². The molecule has 1 aliphatic heterocycles. The number of halogens is 1. The van der Waals surface area contributed by atoms with Crippen LogP contribution in [0.5, 0.6) is 0 Å². The van der Waals surface area contributed by atoms with Crippen molar-refractivity contribution in [3.8, 4) is 0 Å². The van der Waals surface area contributed by atoms with Gasteiger partial charge < -0.3 is 5.11 Å². The number of carboxylic acid groups (broad SMARTS) is 1. The van der Waals surface area contributed by atoms with Gasteiger partial charge in [-0.1, -0.05) is 19.2 Å². The number of hydrogen-bond acceptors (Lipinski definition) is 1. The maximum absolute atomic E-state index is 12.8. The minimum atomic E-state index is -1.06.